The maximum absolute atomic E-state index is 10.7. The van der Waals surface area contributed by atoms with Crippen molar-refractivity contribution >= 4 is 18.7 Å². The Kier molecular flexibility index (Phi) is 6.14. The molecule has 0 spiro atoms. The van der Waals surface area contributed by atoms with Gasteiger partial charge in [-0.3, -0.25) is 5.10 Å². The second kappa shape index (κ2) is 8.68. The highest BCUT2D eigenvalue weighted by molar-refractivity contribution is 6.99. The van der Waals surface area contributed by atoms with Crippen molar-refractivity contribution in [1.82, 2.24) is 10.2 Å². The number of H-pyrrole nitrogens is 1. The fourth-order valence-corrected chi connectivity index (χ4v) is 9.11. The molecule has 164 valence electrons. The summed E-state index contributed by atoms with van der Waals surface area (Å²) in [5, 5.41) is 30.1. The van der Waals surface area contributed by atoms with Crippen LogP contribution in [-0.4, -0.2) is 53.6 Å². The number of ether oxygens (including phenoxy) is 1. The lowest BCUT2D eigenvalue weighted by atomic mass is 10.1. The van der Waals surface area contributed by atoms with Gasteiger partial charge in [0, 0.05) is 6.20 Å². The number of hydrogen-bond donors (Lipinski definition) is 3. The van der Waals surface area contributed by atoms with Crippen molar-refractivity contribution in [2.45, 2.75) is 50.2 Å². The average molecular weight is 439 g/mol. The third kappa shape index (κ3) is 3.99. The quantitative estimate of drug-likeness (QED) is 0.514. The first kappa shape index (κ1) is 21.9. The number of benzene rings is 2. The van der Waals surface area contributed by atoms with E-state index in [4.69, 9.17) is 9.16 Å². The van der Waals surface area contributed by atoms with Gasteiger partial charge in [0.2, 0.25) is 0 Å². The number of hydrogen-bond acceptors (Lipinski definition) is 5. The van der Waals surface area contributed by atoms with Crippen LogP contribution in [0.25, 0.3) is 0 Å². The molecule has 6 nitrogen and oxygen atoms in total. The van der Waals surface area contributed by atoms with Gasteiger partial charge in [-0.25, -0.2) is 0 Å². The van der Waals surface area contributed by atoms with Crippen molar-refractivity contribution in [2.75, 3.05) is 6.61 Å². The molecule has 1 fully saturated rings. The number of aromatic amines is 1. The van der Waals surface area contributed by atoms with Gasteiger partial charge in [-0.05, 0) is 21.5 Å². The molecule has 4 rings (SSSR count). The topological polar surface area (TPSA) is 87.6 Å². The lowest BCUT2D eigenvalue weighted by Gasteiger charge is -2.43. The van der Waals surface area contributed by atoms with Crippen LogP contribution in [0.3, 0.4) is 0 Å². The van der Waals surface area contributed by atoms with Crippen LogP contribution < -0.4 is 10.4 Å². The summed E-state index contributed by atoms with van der Waals surface area (Å²) in [4.78, 5) is 0. The summed E-state index contributed by atoms with van der Waals surface area (Å²) in [5.74, 6) is 0. The molecule has 2 aromatic carbocycles. The highest BCUT2D eigenvalue weighted by Crippen LogP contribution is 2.38. The van der Waals surface area contributed by atoms with E-state index in [0.717, 1.165) is 10.4 Å². The Morgan fingerprint density at radius 1 is 0.935 bits per heavy atom. The third-order valence-electron chi connectivity index (χ3n) is 6.07. The van der Waals surface area contributed by atoms with Crippen molar-refractivity contribution in [3.8, 4) is 0 Å². The van der Waals surface area contributed by atoms with Crippen LogP contribution in [0.1, 0.15) is 32.6 Å². The predicted octanol–water partition coefficient (Wildman–Crippen LogP) is 2.15. The van der Waals surface area contributed by atoms with E-state index in [9.17, 15) is 10.2 Å². The Morgan fingerprint density at radius 3 is 2.00 bits per heavy atom. The fourth-order valence-electron chi connectivity index (χ4n) is 4.54. The summed E-state index contributed by atoms with van der Waals surface area (Å²) in [6.45, 7) is 6.78. The molecule has 1 saturated heterocycles. The number of aliphatic hydroxyl groups excluding tert-OH is 2. The monoisotopic (exact) mass is 438 g/mol. The lowest BCUT2D eigenvalue weighted by Crippen LogP contribution is -2.67. The maximum atomic E-state index is 10.7. The van der Waals surface area contributed by atoms with Crippen LogP contribution in [0.5, 0.6) is 0 Å². The number of nitrogens with zero attached hydrogens (tertiary/aromatic N) is 1. The summed E-state index contributed by atoms with van der Waals surface area (Å²) in [6, 6.07) is 22.4. The predicted molar refractivity (Wildman–Crippen MR) is 122 cm³/mol. The molecule has 1 aliphatic heterocycles. The number of rotatable bonds is 6. The summed E-state index contributed by atoms with van der Waals surface area (Å²) in [6.07, 6.45) is -1.81. The molecule has 0 bridgehead atoms. The maximum Gasteiger partial charge on any atom is 0.261 e. The number of aliphatic hydroxyl groups is 2. The Bertz CT molecular complexity index is 921. The highest BCUT2D eigenvalue weighted by atomic mass is 28.4. The van der Waals surface area contributed by atoms with Gasteiger partial charge in [-0.1, -0.05) is 81.4 Å². The molecule has 31 heavy (non-hydrogen) atoms. The molecule has 2 heterocycles. The second-order valence-corrected chi connectivity index (χ2v) is 13.4. The van der Waals surface area contributed by atoms with E-state index < -0.39 is 32.7 Å². The molecule has 0 aliphatic carbocycles. The molecular formula is C24H30N2O4Si. The van der Waals surface area contributed by atoms with Gasteiger partial charge in [0.05, 0.1) is 12.3 Å². The van der Waals surface area contributed by atoms with E-state index >= 15 is 0 Å². The highest BCUT2D eigenvalue weighted by Gasteiger charge is 2.52. The molecule has 0 unspecified atom stereocenters. The Morgan fingerprint density at radius 2 is 1.52 bits per heavy atom. The summed E-state index contributed by atoms with van der Waals surface area (Å²) < 4.78 is 12.9. The van der Waals surface area contributed by atoms with Crippen molar-refractivity contribution < 1.29 is 19.4 Å². The van der Waals surface area contributed by atoms with E-state index in [1.54, 1.807) is 12.3 Å². The van der Waals surface area contributed by atoms with Gasteiger partial charge < -0.3 is 19.4 Å². The minimum absolute atomic E-state index is 0.177. The molecule has 7 heteroatoms. The summed E-state index contributed by atoms with van der Waals surface area (Å²) in [7, 11) is -2.75. The first-order valence-electron chi connectivity index (χ1n) is 10.6. The van der Waals surface area contributed by atoms with Crippen LogP contribution >= 0.6 is 0 Å². The van der Waals surface area contributed by atoms with Crippen molar-refractivity contribution in [3.05, 3.63) is 78.6 Å². The van der Waals surface area contributed by atoms with Crippen molar-refractivity contribution in [3.63, 3.8) is 0 Å². The SMILES string of the molecule is CC(C)(C)[Si](OC[C@H]1O[C@@H](c2ccn[nH]2)[C@H](O)[C@@H]1O)(c1ccccc1)c1ccccc1. The van der Waals surface area contributed by atoms with E-state index in [1.807, 2.05) is 36.4 Å². The first-order chi connectivity index (χ1) is 14.8. The zero-order chi connectivity index (χ0) is 22.1. The normalized spacial score (nSPS) is 24.4. The van der Waals surface area contributed by atoms with Crippen LogP contribution in [0.4, 0.5) is 0 Å². The van der Waals surface area contributed by atoms with Crippen LogP contribution in [-0.2, 0) is 9.16 Å². The lowest BCUT2D eigenvalue weighted by molar-refractivity contribution is -0.0202. The van der Waals surface area contributed by atoms with Crippen molar-refractivity contribution in [1.29, 1.82) is 0 Å². The second-order valence-electron chi connectivity index (χ2n) is 9.06. The van der Waals surface area contributed by atoms with Crippen LogP contribution in [0.2, 0.25) is 5.04 Å². The van der Waals surface area contributed by atoms with Crippen LogP contribution in [0, 0.1) is 0 Å². The number of nitrogens with one attached hydrogen (secondary N) is 1. The van der Waals surface area contributed by atoms with Gasteiger partial charge in [-0.15, -0.1) is 0 Å². The minimum Gasteiger partial charge on any atom is -0.405 e. The van der Waals surface area contributed by atoms with Crippen LogP contribution in [0.15, 0.2) is 72.9 Å². The van der Waals surface area contributed by atoms with Gasteiger partial charge in [-0.2, -0.15) is 5.10 Å². The zero-order valence-corrected chi connectivity index (χ0v) is 19.1. The molecule has 0 radical (unpaired) electrons. The molecule has 1 aliphatic rings. The first-order valence-corrected chi connectivity index (χ1v) is 12.5. The van der Waals surface area contributed by atoms with Gasteiger partial charge in [0.1, 0.15) is 24.4 Å². The van der Waals surface area contributed by atoms with E-state index in [0.29, 0.717) is 5.69 Å². The largest absolute Gasteiger partial charge is 0.405 e. The molecule has 3 N–H and O–H groups in total. The third-order valence-corrected chi connectivity index (χ3v) is 11.1. The Balaban J connectivity index is 1.68. The zero-order valence-electron chi connectivity index (χ0n) is 18.1. The van der Waals surface area contributed by atoms with Crippen molar-refractivity contribution in [2.24, 2.45) is 0 Å². The van der Waals surface area contributed by atoms with E-state index in [-0.39, 0.29) is 11.6 Å². The smallest absolute Gasteiger partial charge is 0.261 e. The van der Waals surface area contributed by atoms with E-state index in [2.05, 4.69) is 55.2 Å². The molecule has 0 saturated carbocycles. The molecule has 0 amide bonds. The van der Waals surface area contributed by atoms with Gasteiger partial charge in [0.15, 0.2) is 0 Å². The Hall–Kier alpha value is -2.29. The molecule has 4 atom stereocenters. The molecule has 1 aromatic heterocycles. The summed E-state index contributed by atoms with van der Waals surface area (Å²) in [5.41, 5.74) is 0.638. The van der Waals surface area contributed by atoms with Gasteiger partial charge in [0.25, 0.3) is 8.32 Å². The average Bonchev–Trinajstić information content (AvgIpc) is 3.39. The molecule has 3 aromatic rings. The van der Waals surface area contributed by atoms with E-state index in [1.165, 1.54) is 0 Å². The minimum atomic E-state index is -2.75. The fraction of sp³-hybridized carbons (Fsp3) is 0.375. The standard InChI is InChI=1S/C24H30N2O4Si/c1-24(2,3)31(17-10-6-4-7-11-17,18-12-8-5-9-13-18)29-16-20-21(27)22(28)23(30-20)19-14-15-25-26-19/h4-15,20-23,27-28H,16H2,1-3H3,(H,25,26)/t20-,21-,22-,23+/m1/s1. The summed E-state index contributed by atoms with van der Waals surface area (Å²) >= 11 is 0. The Labute approximate surface area is 184 Å². The molecular weight excluding hydrogens is 408 g/mol. The van der Waals surface area contributed by atoms with Gasteiger partial charge >= 0.3 is 0 Å². The number of aromatic nitrogens is 2.